The molecule has 1 aromatic rings. The van der Waals surface area contributed by atoms with Crippen LogP contribution in [-0.2, 0) is 4.79 Å². The number of aliphatic carboxylic acids is 1. The Kier molecular flexibility index (Phi) is 5.83. The van der Waals surface area contributed by atoms with Crippen LogP contribution in [0.1, 0.15) is 13.8 Å². The van der Waals surface area contributed by atoms with Gasteiger partial charge in [-0.3, -0.25) is 0 Å². The first kappa shape index (κ1) is 15.8. The zero-order valence-electron chi connectivity index (χ0n) is 11.9. The van der Waals surface area contributed by atoms with Gasteiger partial charge in [0.15, 0.2) is 6.61 Å². The number of carbonyl (C=O) groups is 2. The van der Waals surface area contributed by atoms with Crippen LogP contribution in [0, 0.1) is 5.92 Å². The van der Waals surface area contributed by atoms with E-state index >= 15 is 0 Å². The molecule has 110 valence electrons. The Balaban J connectivity index is 2.71. The van der Waals surface area contributed by atoms with Crippen molar-refractivity contribution in [2.24, 2.45) is 5.92 Å². The average Bonchev–Trinajstić information content (AvgIpc) is 2.36. The number of carboxylic acids is 1. The normalized spacial score (nSPS) is 10.2. The Morgan fingerprint density at radius 3 is 2.60 bits per heavy atom. The molecule has 0 unspecified atom stereocenters. The summed E-state index contributed by atoms with van der Waals surface area (Å²) < 4.78 is 5.13. The van der Waals surface area contributed by atoms with Crippen LogP contribution in [0.25, 0.3) is 0 Å². The second-order valence-corrected chi connectivity index (χ2v) is 4.88. The van der Waals surface area contributed by atoms with Crippen molar-refractivity contribution in [2.75, 3.05) is 25.5 Å². The maximum absolute atomic E-state index is 12.0. The molecule has 0 spiro atoms. The van der Waals surface area contributed by atoms with Gasteiger partial charge in [-0.05, 0) is 18.1 Å². The van der Waals surface area contributed by atoms with Crippen LogP contribution in [-0.4, -0.2) is 42.2 Å². The number of carbonyl (C=O) groups excluding carboxylic acids is 1. The fraction of sp³-hybridized carbons (Fsp3) is 0.429. The van der Waals surface area contributed by atoms with Gasteiger partial charge in [0, 0.05) is 13.6 Å². The number of rotatable bonds is 6. The lowest BCUT2D eigenvalue weighted by Crippen LogP contribution is -2.34. The number of carboxylic acid groups (broad SMARTS) is 1. The van der Waals surface area contributed by atoms with E-state index in [1.807, 2.05) is 13.8 Å². The lowest BCUT2D eigenvalue weighted by atomic mass is 10.2. The molecule has 6 heteroatoms. The molecule has 6 nitrogen and oxygen atoms in total. The molecule has 0 heterocycles. The third-order valence-corrected chi connectivity index (χ3v) is 2.47. The topological polar surface area (TPSA) is 78.9 Å². The minimum atomic E-state index is -1.07. The Morgan fingerprint density at radius 2 is 2.00 bits per heavy atom. The molecular weight excluding hydrogens is 260 g/mol. The van der Waals surface area contributed by atoms with Gasteiger partial charge in [0.1, 0.15) is 5.75 Å². The summed E-state index contributed by atoms with van der Waals surface area (Å²) in [5.41, 5.74) is 0.453. The molecule has 0 radical (unpaired) electrons. The average molecular weight is 280 g/mol. The molecule has 0 atom stereocenters. The monoisotopic (exact) mass is 280 g/mol. The predicted octanol–water partition coefficient (Wildman–Crippen LogP) is 2.27. The number of benzene rings is 1. The molecule has 0 bridgehead atoms. The molecule has 20 heavy (non-hydrogen) atoms. The van der Waals surface area contributed by atoms with Gasteiger partial charge in [-0.15, -0.1) is 0 Å². The van der Waals surface area contributed by atoms with Crippen LogP contribution in [0.3, 0.4) is 0 Å². The van der Waals surface area contributed by atoms with Crippen molar-refractivity contribution in [1.29, 1.82) is 0 Å². The quantitative estimate of drug-likeness (QED) is 0.837. The third-order valence-electron chi connectivity index (χ3n) is 2.47. The fourth-order valence-electron chi connectivity index (χ4n) is 1.68. The SMILES string of the molecule is CC(C)CN(C)C(=O)Nc1ccccc1OCC(=O)O. The van der Waals surface area contributed by atoms with Gasteiger partial charge in [-0.1, -0.05) is 26.0 Å². The van der Waals surface area contributed by atoms with E-state index in [2.05, 4.69) is 5.32 Å². The summed E-state index contributed by atoms with van der Waals surface area (Å²) in [6.07, 6.45) is 0. The summed E-state index contributed by atoms with van der Waals surface area (Å²) in [6, 6.07) is 6.47. The lowest BCUT2D eigenvalue weighted by Gasteiger charge is -2.20. The third kappa shape index (κ3) is 5.17. The fourth-order valence-corrected chi connectivity index (χ4v) is 1.68. The van der Waals surface area contributed by atoms with Crippen molar-refractivity contribution in [3.8, 4) is 5.75 Å². The summed E-state index contributed by atoms with van der Waals surface area (Å²) in [6.45, 7) is 4.22. The number of hydrogen-bond acceptors (Lipinski definition) is 3. The van der Waals surface area contributed by atoms with E-state index in [0.29, 0.717) is 23.9 Å². The highest BCUT2D eigenvalue weighted by Gasteiger charge is 2.13. The molecule has 1 rings (SSSR count). The van der Waals surface area contributed by atoms with Crippen LogP contribution in [0.4, 0.5) is 10.5 Å². The molecule has 0 aromatic heterocycles. The summed E-state index contributed by atoms with van der Waals surface area (Å²) in [4.78, 5) is 24.1. The standard InChI is InChI=1S/C14H20N2O4/c1-10(2)8-16(3)14(19)15-11-6-4-5-7-12(11)20-9-13(17)18/h4-7,10H,8-9H2,1-3H3,(H,15,19)(H,17,18). The van der Waals surface area contributed by atoms with Gasteiger partial charge in [0.05, 0.1) is 5.69 Å². The van der Waals surface area contributed by atoms with Crippen LogP contribution in [0.2, 0.25) is 0 Å². The van der Waals surface area contributed by atoms with Crippen molar-refractivity contribution in [1.82, 2.24) is 4.90 Å². The van der Waals surface area contributed by atoms with Crippen LogP contribution in [0.15, 0.2) is 24.3 Å². The van der Waals surface area contributed by atoms with Crippen molar-refractivity contribution >= 4 is 17.7 Å². The van der Waals surface area contributed by atoms with Crippen LogP contribution >= 0.6 is 0 Å². The highest BCUT2D eigenvalue weighted by atomic mass is 16.5. The Bertz CT molecular complexity index is 474. The Morgan fingerprint density at radius 1 is 1.35 bits per heavy atom. The van der Waals surface area contributed by atoms with E-state index in [0.717, 1.165) is 0 Å². The highest BCUT2D eigenvalue weighted by molar-refractivity contribution is 5.90. The number of hydrogen-bond donors (Lipinski definition) is 2. The van der Waals surface area contributed by atoms with E-state index in [4.69, 9.17) is 9.84 Å². The van der Waals surface area contributed by atoms with Crippen molar-refractivity contribution in [3.63, 3.8) is 0 Å². The van der Waals surface area contributed by atoms with Gasteiger partial charge in [0.2, 0.25) is 0 Å². The second-order valence-electron chi connectivity index (χ2n) is 4.88. The molecule has 0 saturated heterocycles. The molecule has 0 aliphatic carbocycles. The molecule has 0 aliphatic rings. The first-order valence-corrected chi connectivity index (χ1v) is 6.36. The maximum atomic E-state index is 12.0. The number of ether oxygens (including phenoxy) is 1. The first-order chi connectivity index (χ1) is 9.40. The molecule has 2 N–H and O–H groups in total. The molecule has 0 fully saturated rings. The first-order valence-electron chi connectivity index (χ1n) is 6.36. The van der Waals surface area contributed by atoms with Gasteiger partial charge in [-0.2, -0.15) is 0 Å². The number of anilines is 1. The summed E-state index contributed by atoms with van der Waals surface area (Å²) in [7, 11) is 1.70. The van der Waals surface area contributed by atoms with Crippen molar-refractivity contribution < 1.29 is 19.4 Å². The van der Waals surface area contributed by atoms with E-state index in [1.54, 1.807) is 36.2 Å². The highest BCUT2D eigenvalue weighted by Crippen LogP contribution is 2.23. The molecule has 0 saturated carbocycles. The number of para-hydroxylation sites is 2. The molecular formula is C14H20N2O4. The van der Waals surface area contributed by atoms with Crippen molar-refractivity contribution in [3.05, 3.63) is 24.3 Å². The minimum absolute atomic E-state index is 0.259. The summed E-state index contributed by atoms with van der Waals surface area (Å²) in [5.74, 6) is -0.367. The zero-order valence-corrected chi connectivity index (χ0v) is 11.9. The van der Waals surface area contributed by atoms with E-state index in [-0.39, 0.29) is 6.03 Å². The van der Waals surface area contributed by atoms with E-state index in [1.165, 1.54) is 0 Å². The Hall–Kier alpha value is -2.24. The predicted molar refractivity (Wildman–Crippen MR) is 76.1 cm³/mol. The summed E-state index contributed by atoms with van der Waals surface area (Å²) >= 11 is 0. The number of nitrogens with one attached hydrogen (secondary N) is 1. The number of nitrogens with zero attached hydrogens (tertiary/aromatic N) is 1. The van der Waals surface area contributed by atoms with E-state index < -0.39 is 12.6 Å². The maximum Gasteiger partial charge on any atom is 0.341 e. The number of amides is 2. The van der Waals surface area contributed by atoms with Crippen molar-refractivity contribution in [2.45, 2.75) is 13.8 Å². The van der Waals surface area contributed by atoms with Gasteiger partial charge < -0.3 is 20.1 Å². The van der Waals surface area contributed by atoms with Gasteiger partial charge in [-0.25, -0.2) is 9.59 Å². The second kappa shape index (κ2) is 7.37. The van der Waals surface area contributed by atoms with E-state index in [9.17, 15) is 9.59 Å². The molecule has 2 amide bonds. The summed E-state index contributed by atoms with van der Waals surface area (Å²) in [5, 5.41) is 11.3. The number of urea groups is 1. The molecule has 0 aliphatic heterocycles. The smallest absolute Gasteiger partial charge is 0.341 e. The largest absolute Gasteiger partial charge is 0.480 e. The minimum Gasteiger partial charge on any atom is -0.480 e. The Labute approximate surface area is 118 Å². The van der Waals surface area contributed by atoms with Crippen LogP contribution < -0.4 is 10.1 Å². The van der Waals surface area contributed by atoms with Crippen LogP contribution in [0.5, 0.6) is 5.75 Å². The van der Waals surface area contributed by atoms with Gasteiger partial charge in [0.25, 0.3) is 0 Å². The van der Waals surface area contributed by atoms with Gasteiger partial charge >= 0.3 is 12.0 Å². The molecule has 1 aromatic carbocycles. The zero-order chi connectivity index (χ0) is 15.1. The lowest BCUT2D eigenvalue weighted by molar-refractivity contribution is -0.139.